The molecule has 2 aromatic heterocycles. The average Bonchev–Trinajstić information content (AvgIpc) is 3.21. The van der Waals surface area contributed by atoms with E-state index in [2.05, 4.69) is 4.98 Å². The number of carbonyl (C=O) groups is 1. The van der Waals surface area contributed by atoms with Crippen molar-refractivity contribution in [1.29, 1.82) is 0 Å². The quantitative estimate of drug-likeness (QED) is 0.364. The average molecular weight is 446 g/mol. The number of aryl methyl sites for hydroxylation is 1. The zero-order valence-corrected chi connectivity index (χ0v) is 16.9. The first-order chi connectivity index (χ1) is 14.7. The minimum Gasteiger partial charge on any atom is -0.478 e. The molecular formula is C23H15ClF3NO3. The topological polar surface area (TPSA) is 63.3 Å². The van der Waals surface area contributed by atoms with E-state index in [4.69, 9.17) is 16.0 Å². The molecule has 8 heteroatoms. The molecule has 0 saturated heterocycles. The number of pyridine rings is 1. The van der Waals surface area contributed by atoms with Gasteiger partial charge in [0.2, 0.25) is 0 Å². The van der Waals surface area contributed by atoms with Gasteiger partial charge in [0.15, 0.2) is 5.76 Å². The molecule has 0 aliphatic heterocycles. The Kier molecular flexibility index (Phi) is 5.23. The van der Waals surface area contributed by atoms with Gasteiger partial charge in [-0.25, -0.2) is 9.78 Å². The van der Waals surface area contributed by atoms with Crippen LogP contribution in [0.25, 0.3) is 33.7 Å². The van der Waals surface area contributed by atoms with Crippen molar-refractivity contribution in [1.82, 2.24) is 4.98 Å². The van der Waals surface area contributed by atoms with Gasteiger partial charge in [0, 0.05) is 10.9 Å². The van der Waals surface area contributed by atoms with Crippen molar-refractivity contribution in [3.63, 3.8) is 0 Å². The van der Waals surface area contributed by atoms with Crippen molar-refractivity contribution >= 4 is 28.5 Å². The van der Waals surface area contributed by atoms with Crippen LogP contribution in [-0.2, 0) is 12.6 Å². The van der Waals surface area contributed by atoms with Gasteiger partial charge < -0.3 is 9.52 Å². The van der Waals surface area contributed by atoms with Crippen molar-refractivity contribution in [2.45, 2.75) is 19.5 Å². The van der Waals surface area contributed by atoms with Gasteiger partial charge in [0.25, 0.3) is 0 Å². The zero-order chi connectivity index (χ0) is 22.3. The molecule has 0 spiro atoms. The Morgan fingerprint density at radius 1 is 1.06 bits per heavy atom. The maximum absolute atomic E-state index is 13.1. The number of aromatic nitrogens is 1. The molecule has 158 valence electrons. The summed E-state index contributed by atoms with van der Waals surface area (Å²) in [6, 6.07) is 12.7. The summed E-state index contributed by atoms with van der Waals surface area (Å²) in [6.07, 6.45) is -3.78. The number of rotatable bonds is 4. The summed E-state index contributed by atoms with van der Waals surface area (Å²) >= 11 is 6.09. The van der Waals surface area contributed by atoms with E-state index in [9.17, 15) is 23.1 Å². The van der Waals surface area contributed by atoms with E-state index in [1.165, 1.54) is 18.2 Å². The second-order valence-electron chi connectivity index (χ2n) is 6.92. The van der Waals surface area contributed by atoms with E-state index < -0.39 is 17.7 Å². The van der Waals surface area contributed by atoms with Crippen LogP contribution in [-0.4, -0.2) is 16.1 Å². The van der Waals surface area contributed by atoms with Gasteiger partial charge in [-0.1, -0.05) is 24.6 Å². The van der Waals surface area contributed by atoms with Crippen LogP contribution in [0.4, 0.5) is 13.2 Å². The van der Waals surface area contributed by atoms with Crippen LogP contribution in [0, 0.1) is 0 Å². The molecule has 0 aliphatic carbocycles. The molecule has 0 atom stereocenters. The molecule has 31 heavy (non-hydrogen) atoms. The molecule has 0 radical (unpaired) electrons. The maximum Gasteiger partial charge on any atom is 0.416 e. The number of hydrogen-bond acceptors (Lipinski definition) is 3. The number of hydrogen-bond donors (Lipinski definition) is 1. The zero-order valence-electron chi connectivity index (χ0n) is 16.1. The first-order valence-corrected chi connectivity index (χ1v) is 9.69. The SMILES string of the molecule is CCc1ccc2nc(-c3ccc(-c4cc(C(F)(F)F)ccc4Cl)o3)cc(C(=O)O)c2c1. The van der Waals surface area contributed by atoms with Gasteiger partial charge in [-0.2, -0.15) is 13.2 Å². The molecule has 1 N–H and O–H groups in total. The number of aromatic carboxylic acids is 1. The second kappa shape index (κ2) is 7.74. The van der Waals surface area contributed by atoms with E-state index in [1.54, 1.807) is 12.1 Å². The summed E-state index contributed by atoms with van der Waals surface area (Å²) in [5.41, 5.74) is 0.989. The number of carboxylic acids is 1. The van der Waals surface area contributed by atoms with Crippen LogP contribution in [0.1, 0.15) is 28.4 Å². The summed E-state index contributed by atoms with van der Waals surface area (Å²) in [7, 11) is 0. The van der Waals surface area contributed by atoms with E-state index >= 15 is 0 Å². The van der Waals surface area contributed by atoms with Gasteiger partial charge in [-0.15, -0.1) is 0 Å². The van der Waals surface area contributed by atoms with E-state index in [1.807, 2.05) is 13.0 Å². The van der Waals surface area contributed by atoms with Crippen LogP contribution in [0.2, 0.25) is 5.02 Å². The van der Waals surface area contributed by atoms with Crippen molar-refractivity contribution in [2.75, 3.05) is 0 Å². The number of alkyl halides is 3. The molecule has 0 saturated carbocycles. The first-order valence-electron chi connectivity index (χ1n) is 9.31. The van der Waals surface area contributed by atoms with Crippen LogP contribution < -0.4 is 0 Å². The minimum absolute atomic E-state index is 0.0605. The summed E-state index contributed by atoms with van der Waals surface area (Å²) in [4.78, 5) is 16.3. The Labute approximate surface area is 179 Å². The van der Waals surface area contributed by atoms with Crippen LogP contribution in [0.3, 0.4) is 0 Å². The largest absolute Gasteiger partial charge is 0.478 e. The van der Waals surface area contributed by atoms with Gasteiger partial charge >= 0.3 is 12.1 Å². The lowest BCUT2D eigenvalue weighted by Gasteiger charge is -2.09. The number of fused-ring (bicyclic) bond motifs is 1. The minimum atomic E-state index is -4.53. The van der Waals surface area contributed by atoms with Gasteiger partial charge in [0.05, 0.1) is 21.7 Å². The third-order valence-corrected chi connectivity index (χ3v) is 5.26. The standard InChI is InChI=1S/C23H15ClF3NO3/c1-2-12-3-6-18-14(9-12)15(22(29)30)11-19(28-18)21-8-7-20(31-21)16-10-13(23(25,26)27)4-5-17(16)24/h3-11H,2H2,1H3,(H,29,30). The molecule has 0 aliphatic rings. The Bertz CT molecular complexity index is 1310. The third kappa shape index (κ3) is 4.01. The smallest absolute Gasteiger partial charge is 0.416 e. The lowest BCUT2D eigenvalue weighted by atomic mass is 10.0. The second-order valence-corrected chi connectivity index (χ2v) is 7.33. The monoisotopic (exact) mass is 445 g/mol. The van der Waals surface area contributed by atoms with E-state index in [0.717, 1.165) is 30.2 Å². The fourth-order valence-corrected chi connectivity index (χ4v) is 3.52. The molecule has 2 heterocycles. The van der Waals surface area contributed by atoms with Crippen LogP contribution in [0.15, 0.2) is 59.0 Å². The molecule has 0 bridgehead atoms. The predicted molar refractivity (Wildman–Crippen MR) is 111 cm³/mol. The normalized spacial score (nSPS) is 11.8. The molecule has 0 amide bonds. The van der Waals surface area contributed by atoms with Crippen LogP contribution in [0.5, 0.6) is 0 Å². The Morgan fingerprint density at radius 2 is 1.81 bits per heavy atom. The lowest BCUT2D eigenvalue weighted by molar-refractivity contribution is -0.137. The van der Waals surface area contributed by atoms with Gasteiger partial charge in [-0.3, -0.25) is 0 Å². The highest BCUT2D eigenvalue weighted by atomic mass is 35.5. The fourth-order valence-electron chi connectivity index (χ4n) is 3.31. The maximum atomic E-state index is 13.1. The van der Waals surface area contributed by atoms with Crippen LogP contribution >= 0.6 is 11.6 Å². The number of halogens is 4. The fraction of sp³-hybridized carbons (Fsp3) is 0.130. The highest BCUT2D eigenvalue weighted by Gasteiger charge is 2.31. The molecule has 0 fully saturated rings. The van der Waals surface area contributed by atoms with Crippen molar-refractivity contribution in [3.05, 3.63) is 76.3 Å². The molecule has 2 aromatic carbocycles. The van der Waals surface area contributed by atoms with Crippen molar-refractivity contribution in [3.8, 4) is 22.8 Å². The molecule has 0 unspecified atom stereocenters. The van der Waals surface area contributed by atoms with Crippen molar-refractivity contribution < 1.29 is 27.5 Å². The summed E-state index contributed by atoms with van der Waals surface area (Å²) in [5, 5.41) is 10.3. The Morgan fingerprint density at radius 3 is 2.48 bits per heavy atom. The third-order valence-electron chi connectivity index (χ3n) is 4.93. The Balaban J connectivity index is 1.82. The number of nitrogens with zero attached hydrogens (tertiary/aromatic N) is 1. The number of carboxylic acid groups (broad SMARTS) is 1. The first kappa shape index (κ1) is 20.9. The number of benzene rings is 2. The predicted octanol–water partition coefficient (Wildman–Crippen LogP) is 7.09. The summed E-state index contributed by atoms with van der Waals surface area (Å²) in [6.45, 7) is 1.96. The van der Waals surface area contributed by atoms with E-state index in [0.29, 0.717) is 10.9 Å². The highest BCUT2D eigenvalue weighted by Crippen LogP contribution is 2.38. The van der Waals surface area contributed by atoms with Crippen molar-refractivity contribution in [2.24, 2.45) is 0 Å². The summed E-state index contributed by atoms with van der Waals surface area (Å²) < 4.78 is 44.9. The molecule has 4 aromatic rings. The molecular weight excluding hydrogens is 431 g/mol. The molecule has 4 nitrogen and oxygen atoms in total. The van der Waals surface area contributed by atoms with E-state index in [-0.39, 0.29) is 33.4 Å². The highest BCUT2D eigenvalue weighted by molar-refractivity contribution is 6.33. The Hall–Kier alpha value is -3.32. The molecule has 4 rings (SSSR count). The number of furan rings is 1. The summed E-state index contributed by atoms with van der Waals surface area (Å²) in [5.74, 6) is -0.784. The lowest BCUT2D eigenvalue weighted by Crippen LogP contribution is -2.04. The van der Waals surface area contributed by atoms with Gasteiger partial charge in [-0.05, 0) is 60.5 Å². The van der Waals surface area contributed by atoms with Gasteiger partial charge in [0.1, 0.15) is 11.5 Å².